The second kappa shape index (κ2) is 8.08. The van der Waals surface area contributed by atoms with E-state index in [9.17, 15) is 24.8 Å². The first-order valence-electron chi connectivity index (χ1n) is 9.26. The van der Waals surface area contributed by atoms with Crippen LogP contribution in [0.2, 0.25) is 0 Å². The van der Waals surface area contributed by atoms with Gasteiger partial charge in [-0.15, -0.1) is 0 Å². The van der Waals surface area contributed by atoms with E-state index in [1.165, 1.54) is 18.2 Å². The van der Waals surface area contributed by atoms with Crippen molar-refractivity contribution >= 4 is 28.5 Å². The fourth-order valence-electron chi connectivity index (χ4n) is 3.21. The van der Waals surface area contributed by atoms with Crippen molar-refractivity contribution in [2.75, 3.05) is 0 Å². The summed E-state index contributed by atoms with van der Waals surface area (Å²) < 4.78 is 5.10. The van der Waals surface area contributed by atoms with Crippen molar-refractivity contribution in [2.24, 2.45) is 0 Å². The average Bonchev–Trinajstić information content (AvgIpc) is 2.79. The Hall–Kier alpha value is -4.52. The molecule has 0 aliphatic carbocycles. The molecule has 1 heterocycles. The number of carbonyl (C=O) groups excluding carboxylic acids is 1. The number of allylic oxidation sites excluding steroid dienone is 1. The summed E-state index contributed by atoms with van der Waals surface area (Å²) in [5.74, 6) is -0.748. The Balaban J connectivity index is 1.61. The molecule has 31 heavy (non-hydrogen) atoms. The van der Waals surface area contributed by atoms with Gasteiger partial charge in [-0.2, -0.15) is 0 Å². The molecule has 1 aromatic heterocycles. The maximum Gasteiger partial charge on any atom is 0.379 e. The molecule has 0 amide bonds. The molecule has 0 atom stereocenters. The van der Waals surface area contributed by atoms with Gasteiger partial charge in [0.25, 0.3) is 5.69 Å². The van der Waals surface area contributed by atoms with E-state index in [0.717, 1.165) is 0 Å². The first kappa shape index (κ1) is 19.8. The fourth-order valence-corrected chi connectivity index (χ4v) is 3.21. The van der Waals surface area contributed by atoms with Crippen LogP contribution in [0.5, 0.6) is 5.75 Å². The van der Waals surface area contributed by atoms with Crippen molar-refractivity contribution in [3.8, 4) is 16.9 Å². The molecule has 0 fully saturated rings. The first-order chi connectivity index (χ1) is 14.9. The molecule has 0 aliphatic heterocycles. The third-order valence-electron chi connectivity index (χ3n) is 4.78. The normalized spacial score (nSPS) is 11.1. The number of nitro benzene ring substituents is 1. The molecule has 3 aromatic carbocycles. The van der Waals surface area contributed by atoms with Gasteiger partial charge in [-0.3, -0.25) is 14.9 Å². The quantitative estimate of drug-likeness (QED) is 0.163. The molecule has 0 bridgehead atoms. The molecule has 7 nitrogen and oxygen atoms in total. The average molecular weight is 413 g/mol. The van der Waals surface area contributed by atoms with Gasteiger partial charge in [-0.1, -0.05) is 48.5 Å². The molecule has 7 heteroatoms. The number of benzene rings is 3. The Labute approximate surface area is 175 Å². The number of nitro groups is 1. The van der Waals surface area contributed by atoms with Gasteiger partial charge in [0.05, 0.1) is 4.92 Å². The van der Waals surface area contributed by atoms with Gasteiger partial charge in [-0.05, 0) is 35.4 Å². The number of para-hydroxylation sites is 1. The number of hydrogen-bond donors (Lipinski definition) is 1. The van der Waals surface area contributed by atoms with Gasteiger partial charge in [-0.25, -0.2) is 4.79 Å². The molecule has 0 saturated carbocycles. The number of non-ortho nitro benzene ring substituents is 1. The molecule has 152 valence electrons. The van der Waals surface area contributed by atoms with Gasteiger partial charge in [0.15, 0.2) is 5.78 Å². The van der Waals surface area contributed by atoms with Crippen LogP contribution in [-0.2, 0) is 0 Å². The molecule has 0 unspecified atom stereocenters. The largest absolute Gasteiger partial charge is 0.501 e. The lowest BCUT2D eigenvalue weighted by Gasteiger charge is -2.08. The van der Waals surface area contributed by atoms with Gasteiger partial charge < -0.3 is 9.52 Å². The van der Waals surface area contributed by atoms with E-state index >= 15 is 0 Å². The van der Waals surface area contributed by atoms with Crippen molar-refractivity contribution in [2.45, 2.75) is 0 Å². The zero-order valence-corrected chi connectivity index (χ0v) is 16.0. The van der Waals surface area contributed by atoms with Crippen molar-refractivity contribution in [3.05, 3.63) is 111 Å². The number of aromatic hydroxyl groups is 1. The number of ketones is 1. The van der Waals surface area contributed by atoms with E-state index in [1.807, 2.05) is 0 Å². The summed E-state index contributed by atoms with van der Waals surface area (Å²) in [5.41, 5.74) is 1.47. The van der Waals surface area contributed by atoms with Crippen LogP contribution >= 0.6 is 0 Å². The third kappa shape index (κ3) is 3.97. The Morgan fingerprint density at radius 2 is 1.65 bits per heavy atom. The lowest BCUT2D eigenvalue weighted by Crippen LogP contribution is -2.01. The number of nitrogens with zero attached hydrogens (tertiary/aromatic N) is 1. The number of rotatable bonds is 5. The summed E-state index contributed by atoms with van der Waals surface area (Å²) in [6.45, 7) is 0. The molecule has 0 saturated heterocycles. The maximum atomic E-state index is 12.5. The number of fused-ring (bicyclic) bond motifs is 1. The smallest absolute Gasteiger partial charge is 0.379 e. The lowest BCUT2D eigenvalue weighted by molar-refractivity contribution is -0.384. The van der Waals surface area contributed by atoms with Crippen LogP contribution in [0.3, 0.4) is 0 Å². The van der Waals surface area contributed by atoms with Crippen LogP contribution < -0.4 is 5.63 Å². The second-order valence-corrected chi connectivity index (χ2v) is 6.73. The van der Waals surface area contributed by atoms with E-state index in [0.29, 0.717) is 33.2 Å². The van der Waals surface area contributed by atoms with Gasteiger partial charge in [0.1, 0.15) is 5.58 Å². The molecule has 1 N–H and O–H groups in total. The van der Waals surface area contributed by atoms with Crippen LogP contribution in [-0.4, -0.2) is 15.8 Å². The Kier molecular flexibility index (Phi) is 5.15. The minimum atomic E-state index is -0.833. The summed E-state index contributed by atoms with van der Waals surface area (Å²) in [6, 6.07) is 19.2. The Bertz CT molecular complexity index is 1380. The summed E-state index contributed by atoms with van der Waals surface area (Å²) in [5, 5.41) is 21.5. The summed E-state index contributed by atoms with van der Waals surface area (Å²) in [7, 11) is 0. The highest BCUT2D eigenvalue weighted by molar-refractivity contribution is 6.07. The molecule has 4 rings (SSSR count). The minimum absolute atomic E-state index is 0.0233. The maximum absolute atomic E-state index is 12.5. The molecular weight excluding hydrogens is 398 g/mol. The lowest BCUT2D eigenvalue weighted by atomic mass is 9.99. The molecule has 4 aromatic rings. The number of hydrogen-bond acceptors (Lipinski definition) is 6. The first-order valence-corrected chi connectivity index (χ1v) is 9.26. The Morgan fingerprint density at radius 3 is 2.32 bits per heavy atom. The number of carbonyl (C=O) groups is 1. The predicted molar refractivity (Wildman–Crippen MR) is 116 cm³/mol. The van der Waals surface area contributed by atoms with Crippen LogP contribution in [0.15, 0.2) is 88.1 Å². The van der Waals surface area contributed by atoms with Crippen LogP contribution in [0.25, 0.3) is 28.2 Å². The van der Waals surface area contributed by atoms with Crippen LogP contribution in [0.4, 0.5) is 5.69 Å². The van der Waals surface area contributed by atoms with Gasteiger partial charge in [0, 0.05) is 28.6 Å². The third-order valence-corrected chi connectivity index (χ3v) is 4.78. The van der Waals surface area contributed by atoms with E-state index in [2.05, 4.69) is 0 Å². The highest BCUT2D eigenvalue weighted by Crippen LogP contribution is 2.34. The topological polar surface area (TPSA) is 111 Å². The van der Waals surface area contributed by atoms with Crippen LogP contribution in [0.1, 0.15) is 15.9 Å². The predicted octanol–water partition coefficient (Wildman–Crippen LogP) is 4.97. The van der Waals surface area contributed by atoms with E-state index < -0.39 is 16.3 Å². The SMILES string of the molecule is O=C(C=Cc1ccc([N+](=O)[O-])cc1)c1ccc(-c2c(O)c(=O)oc3ccccc23)cc1. The zero-order valence-electron chi connectivity index (χ0n) is 16.0. The van der Waals surface area contributed by atoms with Crippen molar-refractivity contribution < 1.29 is 19.2 Å². The zero-order chi connectivity index (χ0) is 22.0. The van der Waals surface area contributed by atoms with Gasteiger partial charge >= 0.3 is 5.63 Å². The van der Waals surface area contributed by atoms with Gasteiger partial charge in [0.2, 0.25) is 5.75 Å². The standard InChI is InChI=1S/C24H15NO6/c26-20(14-7-15-5-12-18(13-6-15)25(29)30)16-8-10-17(11-9-16)22-19-3-1-2-4-21(19)31-24(28)23(22)27/h1-14,27H. The summed E-state index contributed by atoms with van der Waals surface area (Å²) in [4.78, 5) is 34.6. The van der Waals surface area contributed by atoms with Crippen molar-refractivity contribution in [1.29, 1.82) is 0 Å². The van der Waals surface area contributed by atoms with E-state index in [1.54, 1.807) is 66.7 Å². The monoisotopic (exact) mass is 413 g/mol. The van der Waals surface area contributed by atoms with Crippen molar-refractivity contribution in [1.82, 2.24) is 0 Å². The van der Waals surface area contributed by atoms with E-state index in [-0.39, 0.29) is 11.5 Å². The fraction of sp³-hybridized carbons (Fsp3) is 0. The van der Waals surface area contributed by atoms with Crippen molar-refractivity contribution in [3.63, 3.8) is 0 Å². The highest BCUT2D eigenvalue weighted by atomic mass is 16.6. The minimum Gasteiger partial charge on any atom is -0.501 e. The highest BCUT2D eigenvalue weighted by Gasteiger charge is 2.15. The Morgan fingerprint density at radius 1 is 0.968 bits per heavy atom. The molecule has 0 radical (unpaired) electrons. The summed E-state index contributed by atoms with van der Waals surface area (Å²) >= 11 is 0. The van der Waals surface area contributed by atoms with E-state index in [4.69, 9.17) is 4.42 Å². The molecule has 0 spiro atoms. The summed E-state index contributed by atoms with van der Waals surface area (Å²) in [6.07, 6.45) is 2.95. The molecular formula is C24H15NO6. The van der Waals surface area contributed by atoms with Crippen LogP contribution in [0, 0.1) is 10.1 Å². The molecule has 0 aliphatic rings. The second-order valence-electron chi connectivity index (χ2n) is 6.73.